The molecule has 0 atom stereocenters. The van der Waals surface area contributed by atoms with Crippen molar-refractivity contribution < 1.29 is 14.3 Å². The average molecular weight is 379 g/mol. The Morgan fingerprint density at radius 2 is 1.89 bits per heavy atom. The van der Waals surface area contributed by atoms with E-state index in [2.05, 4.69) is 14.9 Å². The van der Waals surface area contributed by atoms with Crippen molar-refractivity contribution in [3.8, 4) is 11.6 Å². The molecule has 6 heteroatoms. The number of nitrogens with zero attached hydrogens (tertiary/aromatic N) is 2. The van der Waals surface area contributed by atoms with E-state index in [0.29, 0.717) is 31.2 Å². The van der Waals surface area contributed by atoms with Crippen molar-refractivity contribution in [3.05, 3.63) is 77.2 Å². The predicted octanol–water partition coefficient (Wildman–Crippen LogP) is 3.44. The fourth-order valence-electron chi connectivity index (χ4n) is 3.15. The Kier molecular flexibility index (Phi) is 6.45. The summed E-state index contributed by atoms with van der Waals surface area (Å²) in [4.78, 5) is 17.0. The quantitative estimate of drug-likeness (QED) is 0.609. The summed E-state index contributed by atoms with van der Waals surface area (Å²) in [6.07, 6.45) is 1.67. The van der Waals surface area contributed by atoms with Crippen LogP contribution in [0.1, 0.15) is 27.3 Å². The first-order valence-corrected chi connectivity index (χ1v) is 9.20. The van der Waals surface area contributed by atoms with Crippen LogP contribution in [-0.4, -0.2) is 35.8 Å². The van der Waals surface area contributed by atoms with Crippen molar-refractivity contribution in [2.45, 2.75) is 20.4 Å². The van der Waals surface area contributed by atoms with Crippen molar-refractivity contribution in [1.82, 2.24) is 14.9 Å². The molecule has 1 amide bonds. The number of para-hydroxylation sites is 1. The van der Waals surface area contributed by atoms with Gasteiger partial charge in [0.2, 0.25) is 5.88 Å². The molecule has 0 bridgehead atoms. The molecule has 0 fully saturated rings. The zero-order chi connectivity index (χ0) is 19.9. The van der Waals surface area contributed by atoms with Gasteiger partial charge in [0.1, 0.15) is 6.61 Å². The minimum atomic E-state index is -0.123. The van der Waals surface area contributed by atoms with E-state index >= 15 is 0 Å². The van der Waals surface area contributed by atoms with E-state index in [0.717, 1.165) is 22.6 Å². The molecule has 1 aromatic carbocycles. The number of aryl methyl sites for hydroxylation is 1. The first kappa shape index (κ1) is 19.6. The van der Waals surface area contributed by atoms with Crippen LogP contribution in [0.4, 0.5) is 0 Å². The highest BCUT2D eigenvalue weighted by Gasteiger charge is 2.17. The topological polar surface area (TPSA) is 65.4 Å². The molecular weight excluding hydrogens is 354 g/mol. The van der Waals surface area contributed by atoms with Crippen LogP contribution in [0.2, 0.25) is 0 Å². The lowest BCUT2D eigenvalue weighted by Crippen LogP contribution is -2.24. The lowest BCUT2D eigenvalue weighted by atomic mass is 10.2. The van der Waals surface area contributed by atoms with Crippen molar-refractivity contribution in [1.29, 1.82) is 0 Å². The minimum absolute atomic E-state index is 0.123. The lowest BCUT2D eigenvalue weighted by Gasteiger charge is -2.11. The third kappa shape index (κ3) is 4.40. The monoisotopic (exact) mass is 379 g/mol. The van der Waals surface area contributed by atoms with Crippen molar-refractivity contribution in [2.75, 3.05) is 20.3 Å². The van der Waals surface area contributed by atoms with Crippen molar-refractivity contribution in [2.24, 2.45) is 0 Å². The Morgan fingerprint density at radius 1 is 1.11 bits per heavy atom. The Balaban J connectivity index is 1.73. The fraction of sp³-hybridized carbons (Fsp3) is 0.273. The van der Waals surface area contributed by atoms with E-state index in [1.54, 1.807) is 13.3 Å². The van der Waals surface area contributed by atoms with Crippen LogP contribution in [0.5, 0.6) is 5.88 Å². The van der Waals surface area contributed by atoms with Gasteiger partial charge in [-0.3, -0.25) is 4.79 Å². The Hall–Kier alpha value is -3.12. The van der Waals surface area contributed by atoms with Gasteiger partial charge >= 0.3 is 0 Å². The van der Waals surface area contributed by atoms with Gasteiger partial charge in [-0.25, -0.2) is 4.98 Å². The number of rotatable bonds is 8. The normalized spacial score (nSPS) is 10.7. The lowest BCUT2D eigenvalue weighted by molar-refractivity contribution is 0.0949. The van der Waals surface area contributed by atoms with Gasteiger partial charge in [0.15, 0.2) is 0 Å². The number of nitrogens with one attached hydrogen (secondary N) is 1. The third-order valence-electron chi connectivity index (χ3n) is 4.51. The number of carbonyl (C=O) groups is 1. The highest BCUT2D eigenvalue weighted by atomic mass is 16.5. The molecule has 3 aromatic rings. The van der Waals surface area contributed by atoms with Crippen LogP contribution < -0.4 is 10.1 Å². The number of methoxy groups -OCH3 is 1. The number of carbonyl (C=O) groups excluding carboxylic acids is 1. The number of hydrogen-bond donors (Lipinski definition) is 1. The second-order valence-corrected chi connectivity index (χ2v) is 6.45. The highest BCUT2D eigenvalue weighted by molar-refractivity contribution is 5.95. The van der Waals surface area contributed by atoms with E-state index in [4.69, 9.17) is 9.47 Å². The molecule has 6 nitrogen and oxygen atoms in total. The zero-order valence-corrected chi connectivity index (χ0v) is 16.4. The number of benzene rings is 1. The first-order chi connectivity index (χ1) is 13.6. The maximum absolute atomic E-state index is 12.8. The minimum Gasteiger partial charge on any atom is -0.475 e. The number of hydrogen-bond acceptors (Lipinski definition) is 4. The summed E-state index contributed by atoms with van der Waals surface area (Å²) in [6, 6.07) is 15.6. The van der Waals surface area contributed by atoms with Crippen LogP contribution in [0, 0.1) is 13.8 Å². The standard InChI is InChI=1S/C22H25N3O3/c1-16-14-20(17(2)25(16)19-9-5-4-6-10-19)21(26)24-15-18-8-7-11-23-22(18)28-13-12-27-3/h4-11,14H,12-13,15H2,1-3H3,(H,24,26). The Bertz CT molecular complexity index is 935. The number of aromatic nitrogens is 2. The van der Waals surface area contributed by atoms with Gasteiger partial charge in [-0.1, -0.05) is 24.3 Å². The summed E-state index contributed by atoms with van der Waals surface area (Å²) in [7, 11) is 1.62. The van der Waals surface area contributed by atoms with Gasteiger partial charge < -0.3 is 19.4 Å². The molecule has 2 aromatic heterocycles. The van der Waals surface area contributed by atoms with Crippen LogP contribution in [0.15, 0.2) is 54.7 Å². The average Bonchev–Trinajstić information content (AvgIpc) is 3.02. The maximum Gasteiger partial charge on any atom is 0.253 e. The van der Waals surface area contributed by atoms with Crippen LogP contribution in [0.3, 0.4) is 0 Å². The fourth-order valence-corrected chi connectivity index (χ4v) is 3.15. The van der Waals surface area contributed by atoms with Crippen LogP contribution in [0.25, 0.3) is 5.69 Å². The molecule has 1 N–H and O–H groups in total. The maximum atomic E-state index is 12.8. The van der Waals surface area contributed by atoms with E-state index < -0.39 is 0 Å². The molecule has 2 heterocycles. The summed E-state index contributed by atoms with van der Waals surface area (Å²) >= 11 is 0. The predicted molar refractivity (Wildman–Crippen MR) is 108 cm³/mol. The molecule has 28 heavy (non-hydrogen) atoms. The smallest absolute Gasteiger partial charge is 0.253 e. The Labute approximate surface area is 165 Å². The molecular formula is C22H25N3O3. The second-order valence-electron chi connectivity index (χ2n) is 6.45. The van der Waals surface area contributed by atoms with Crippen molar-refractivity contribution >= 4 is 5.91 Å². The van der Waals surface area contributed by atoms with Gasteiger partial charge in [0, 0.05) is 42.5 Å². The van der Waals surface area contributed by atoms with E-state index in [1.807, 2.05) is 62.4 Å². The van der Waals surface area contributed by atoms with Gasteiger partial charge in [0.25, 0.3) is 5.91 Å². The molecule has 0 aliphatic carbocycles. The summed E-state index contributed by atoms with van der Waals surface area (Å²) in [5.74, 6) is 0.386. The van der Waals surface area contributed by atoms with Crippen molar-refractivity contribution in [3.63, 3.8) is 0 Å². The molecule has 146 valence electrons. The number of amides is 1. The largest absolute Gasteiger partial charge is 0.475 e. The van der Waals surface area contributed by atoms with E-state index in [9.17, 15) is 4.79 Å². The highest BCUT2D eigenvalue weighted by Crippen LogP contribution is 2.21. The first-order valence-electron chi connectivity index (χ1n) is 9.20. The zero-order valence-electron chi connectivity index (χ0n) is 16.4. The second kappa shape index (κ2) is 9.19. The van der Waals surface area contributed by atoms with Crippen LogP contribution in [-0.2, 0) is 11.3 Å². The van der Waals surface area contributed by atoms with Gasteiger partial charge in [-0.2, -0.15) is 0 Å². The van der Waals surface area contributed by atoms with E-state index in [1.165, 1.54) is 0 Å². The molecule has 0 unspecified atom stereocenters. The molecule has 0 aliphatic rings. The summed E-state index contributed by atoms with van der Waals surface area (Å²) in [5.41, 5.74) is 4.44. The SMILES string of the molecule is COCCOc1ncccc1CNC(=O)c1cc(C)n(-c2ccccc2)c1C. The number of pyridine rings is 1. The molecule has 3 rings (SSSR count). The summed E-state index contributed by atoms with van der Waals surface area (Å²) < 4.78 is 12.7. The summed E-state index contributed by atoms with van der Waals surface area (Å²) in [6.45, 7) is 5.18. The molecule has 0 radical (unpaired) electrons. The van der Waals surface area contributed by atoms with Crippen LogP contribution >= 0.6 is 0 Å². The Morgan fingerprint density at radius 3 is 2.64 bits per heavy atom. The molecule has 0 saturated carbocycles. The molecule has 0 saturated heterocycles. The molecule has 0 aliphatic heterocycles. The number of ether oxygens (including phenoxy) is 2. The van der Waals surface area contributed by atoms with E-state index in [-0.39, 0.29) is 5.91 Å². The van der Waals surface area contributed by atoms with Gasteiger partial charge in [0.05, 0.1) is 12.2 Å². The summed E-state index contributed by atoms with van der Waals surface area (Å²) in [5, 5.41) is 2.98. The van der Waals surface area contributed by atoms with Gasteiger partial charge in [-0.15, -0.1) is 0 Å². The third-order valence-corrected chi connectivity index (χ3v) is 4.51. The molecule has 0 spiro atoms. The van der Waals surface area contributed by atoms with Gasteiger partial charge in [-0.05, 0) is 38.1 Å².